The van der Waals surface area contributed by atoms with Gasteiger partial charge in [0.2, 0.25) is 5.91 Å². The molecule has 3 aromatic carbocycles. The van der Waals surface area contributed by atoms with Crippen LogP contribution in [0.5, 0.6) is 5.75 Å². The number of carbonyl (C=O) groups is 3. The van der Waals surface area contributed by atoms with Crippen molar-refractivity contribution in [1.29, 1.82) is 0 Å². The van der Waals surface area contributed by atoms with E-state index in [1.807, 2.05) is 6.07 Å². The summed E-state index contributed by atoms with van der Waals surface area (Å²) >= 11 is 0. The van der Waals surface area contributed by atoms with Crippen LogP contribution in [0, 0.1) is 5.82 Å². The number of rotatable bonds is 9. The number of amides is 2. The van der Waals surface area contributed by atoms with E-state index in [1.165, 1.54) is 36.4 Å². The van der Waals surface area contributed by atoms with Gasteiger partial charge in [-0.05, 0) is 73.0 Å². The Morgan fingerprint density at radius 2 is 1.65 bits per heavy atom. The van der Waals surface area contributed by atoms with Gasteiger partial charge in [-0.1, -0.05) is 24.3 Å². The van der Waals surface area contributed by atoms with Crippen molar-refractivity contribution in [3.63, 3.8) is 0 Å². The zero-order chi connectivity index (χ0) is 24.3. The first kappa shape index (κ1) is 24.4. The molecule has 3 aromatic rings. The van der Waals surface area contributed by atoms with Crippen LogP contribution in [0.4, 0.5) is 14.9 Å². The minimum absolute atomic E-state index is 0.121. The van der Waals surface area contributed by atoms with Gasteiger partial charge in [0.25, 0.3) is 5.91 Å². The standard InChI is InChI=1S/C26H25FN2O5/c1-2-33-26(32)34-23-13-9-20(10-14-23)25(31)29-22-5-3-4-19(16-22)17-28-24(30)15-8-18-6-11-21(27)12-7-18/h3-7,9-14,16H,2,8,15,17H2,1H3,(H,28,30)(H,29,31). The Morgan fingerprint density at radius 3 is 2.35 bits per heavy atom. The number of benzene rings is 3. The Balaban J connectivity index is 1.48. The summed E-state index contributed by atoms with van der Waals surface area (Å²) in [6.45, 7) is 2.19. The van der Waals surface area contributed by atoms with E-state index in [2.05, 4.69) is 10.6 Å². The molecule has 3 rings (SSSR count). The molecule has 0 spiro atoms. The third kappa shape index (κ3) is 7.74. The third-order valence-corrected chi connectivity index (χ3v) is 4.81. The Labute approximate surface area is 196 Å². The minimum Gasteiger partial charge on any atom is -0.434 e. The number of nitrogens with one attached hydrogen (secondary N) is 2. The highest BCUT2D eigenvalue weighted by Gasteiger charge is 2.10. The predicted octanol–water partition coefficient (Wildman–Crippen LogP) is 4.86. The molecular weight excluding hydrogens is 439 g/mol. The molecule has 0 radical (unpaired) electrons. The highest BCUT2D eigenvalue weighted by Crippen LogP contribution is 2.16. The first-order valence-corrected chi connectivity index (χ1v) is 10.8. The Kier molecular flexibility index (Phi) is 8.73. The lowest BCUT2D eigenvalue weighted by Crippen LogP contribution is -2.23. The van der Waals surface area contributed by atoms with E-state index in [1.54, 1.807) is 37.3 Å². The van der Waals surface area contributed by atoms with Crippen LogP contribution in [-0.2, 0) is 22.5 Å². The molecule has 0 atom stereocenters. The van der Waals surface area contributed by atoms with Crippen LogP contribution in [0.2, 0.25) is 0 Å². The maximum Gasteiger partial charge on any atom is 0.513 e. The predicted molar refractivity (Wildman–Crippen MR) is 125 cm³/mol. The second kappa shape index (κ2) is 12.2. The van der Waals surface area contributed by atoms with Gasteiger partial charge in [-0.2, -0.15) is 0 Å². The maximum absolute atomic E-state index is 13.0. The molecule has 0 fully saturated rings. The van der Waals surface area contributed by atoms with Gasteiger partial charge in [0.15, 0.2) is 0 Å². The van der Waals surface area contributed by atoms with Gasteiger partial charge in [-0.15, -0.1) is 0 Å². The van der Waals surface area contributed by atoms with Crippen molar-refractivity contribution in [2.24, 2.45) is 0 Å². The average molecular weight is 464 g/mol. The fourth-order valence-corrected chi connectivity index (χ4v) is 3.08. The van der Waals surface area contributed by atoms with Gasteiger partial charge in [0, 0.05) is 24.2 Å². The number of ether oxygens (including phenoxy) is 2. The summed E-state index contributed by atoms with van der Waals surface area (Å²) < 4.78 is 22.6. The molecule has 2 amide bonds. The van der Waals surface area contributed by atoms with Crippen molar-refractivity contribution in [2.75, 3.05) is 11.9 Å². The number of aryl methyl sites for hydroxylation is 1. The van der Waals surface area contributed by atoms with Gasteiger partial charge < -0.3 is 20.1 Å². The van der Waals surface area contributed by atoms with Gasteiger partial charge in [0.05, 0.1) is 6.61 Å². The number of carbonyl (C=O) groups excluding carboxylic acids is 3. The fraction of sp³-hybridized carbons (Fsp3) is 0.192. The number of anilines is 1. The zero-order valence-electron chi connectivity index (χ0n) is 18.7. The molecule has 0 aromatic heterocycles. The van der Waals surface area contributed by atoms with E-state index in [0.29, 0.717) is 24.2 Å². The second-order valence-electron chi connectivity index (χ2n) is 7.37. The summed E-state index contributed by atoms with van der Waals surface area (Å²) in [5.74, 6) is -0.487. The van der Waals surface area contributed by atoms with Crippen molar-refractivity contribution in [1.82, 2.24) is 5.32 Å². The first-order valence-electron chi connectivity index (χ1n) is 10.8. The van der Waals surface area contributed by atoms with E-state index in [-0.39, 0.29) is 36.4 Å². The SMILES string of the molecule is CCOC(=O)Oc1ccc(C(=O)Nc2cccc(CNC(=O)CCc3ccc(F)cc3)c2)cc1. The van der Waals surface area contributed by atoms with E-state index in [4.69, 9.17) is 9.47 Å². The number of hydrogen-bond acceptors (Lipinski definition) is 5. The first-order chi connectivity index (χ1) is 16.4. The third-order valence-electron chi connectivity index (χ3n) is 4.81. The lowest BCUT2D eigenvalue weighted by atomic mass is 10.1. The summed E-state index contributed by atoms with van der Waals surface area (Å²) in [5, 5.41) is 5.65. The Hall–Kier alpha value is -4.20. The molecule has 8 heteroatoms. The molecule has 0 bridgehead atoms. The molecule has 0 heterocycles. The Morgan fingerprint density at radius 1 is 0.912 bits per heavy atom. The average Bonchev–Trinajstić information content (AvgIpc) is 2.83. The molecule has 176 valence electrons. The summed E-state index contributed by atoms with van der Waals surface area (Å²) in [7, 11) is 0. The molecule has 0 unspecified atom stereocenters. The van der Waals surface area contributed by atoms with Crippen LogP contribution < -0.4 is 15.4 Å². The number of hydrogen-bond donors (Lipinski definition) is 2. The van der Waals surface area contributed by atoms with Crippen molar-refractivity contribution in [3.05, 3.63) is 95.3 Å². The second-order valence-corrected chi connectivity index (χ2v) is 7.37. The highest BCUT2D eigenvalue weighted by molar-refractivity contribution is 6.04. The van der Waals surface area contributed by atoms with Crippen molar-refractivity contribution >= 4 is 23.7 Å². The molecule has 0 saturated carbocycles. The molecule has 34 heavy (non-hydrogen) atoms. The van der Waals surface area contributed by atoms with Gasteiger partial charge in [-0.25, -0.2) is 9.18 Å². The van der Waals surface area contributed by atoms with Crippen molar-refractivity contribution in [3.8, 4) is 5.75 Å². The topological polar surface area (TPSA) is 93.7 Å². The summed E-state index contributed by atoms with van der Waals surface area (Å²) in [6, 6.07) is 19.3. The quantitative estimate of drug-likeness (QED) is 0.348. The zero-order valence-corrected chi connectivity index (χ0v) is 18.7. The maximum atomic E-state index is 13.0. The molecule has 7 nitrogen and oxygen atoms in total. The monoisotopic (exact) mass is 464 g/mol. The molecular formula is C26H25FN2O5. The number of halogens is 1. The van der Waals surface area contributed by atoms with E-state index in [9.17, 15) is 18.8 Å². The van der Waals surface area contributed by atoms with E-state index in [0.717, 1.165) is 11.1 Å². The minimum atomic E-state index is -0.806. The van der Waals surface area contributed by atoms with Crippen LogP contribution in [0.3, 0.4) is 0 Å². The van der Waals surface area contributed by atoms with Gasteiger partial charge in [0.1, 0.15) is 11.6 Å². The smallest absolute Gasteiger partial charge is 0.434 e. The van der Waals surface area contributed by atoms with Crippen LogP contribution in [0.1, 0.15) is 34.8 Å². The van der Waals surface area contributed by atoms with Crippen molar-refractivity contribution < 1.29 is 28.2 Å². The van der Waals surface area contributed by atoms with Gasteiger partial charge in [-0.3, -0.25) is 9.59 Å². The lowest BCUT2D eigenvalue weighted by molar-refractivity contribution is -0.121. The summed E-state index contributed by atoms with van der Waals surface area (Å²) in [5.41, 5.74) is 2.68. The van der Waals surface area contributed by atoms with Crippen molar-refractivity contribution in [2.45, 2.75) is 26.3 Å². The molecule has 0 saturated heterocycles. The highest BCUT2D eigenvalue weighted by atomic mass is 19.1. The lowest BCUT2D eigenvalue weighted by Gasteiger charge is -2.10. The fourth-order valence-electron chi connectivity index (χ4n) is 3.08. The van der Waals surface area contributed by atoms with Crippen LogP contribution in [0.25, 0.3) is 0 Å². The van der Waals surface area contributed by atoms with E-state index < -0.39 is 6.16 Å². The summed E-state index contributed by atoms with van der Waals surface area (Å²) in [4.78, 5) is 36.0. The molecule has 2 N–H and O–H groups in total. The van der Waals surface area contributed by atoms with Gasteiger partial charge >= 0.3 is 6.16 Å². The largest absolute Gasteiger partial charge is 0.513 e. The normalized spacial score (nSPS) is 10.3. The van der Waals surface area contributed by atoms with Crippen LogP contribution in [-0.4, -0.2) is 24.6 Å². The summed E-state index contributed by atoms with van der Waals surface area (Å²) in [6.07, 6.45) is 0.00287. The van der Waals surface area contributed by atoms with E-state index >= 15 is 0 Å². The Bertz CT molecular complexity index is 1130. The van der Waals surface area contributed by atoms with Crippen LogP contribution in [0.15, 0.2) is 72.8 Å². The molecule has 0 aliphatic rings. The molecule has 0 aliphatic carbocycles. The van der Waals surface area contributed by atoms with Crippen LogP contribution >= 0.6 is 0 Å². The molecule has 0 aliphatic heterocycles.